The zero-order valence-electron chi connectivity index (χ0n) is 10.5. The van der Waals surface area contributed by atoms with Crippen LogP contribution in [-0.2, 0) is 4.79 Å². The molecule has 0 bridgehead atoms. The number of amides is 1. The molecule has 3 heteroatoms. The molecule has 1 saturated carbocycles. The van der Waals surface area contributed by atoms with E-state index in [0.29, 0.717) is 6.42 Å². The van der Waals surface area contributed by atoms with Crippen molar-refractivity contribution in [1.29, 1.82) is 0 Å². The van der Waals surface area contributed by atoms with E-state index in [4.69, 9.17) is 5.73 Å². The molecule has 0 radical (unpaired) electrons. The lowest BCUT2D eigenvalue weighted by molar-refractivity contribution is -0.121. The van der Waals surface area contributed by atoms with Crippen LogP contribution in [0.2, 0.25) is 0 Å². The van der Waals surface area contributed by atoms with Crippen LogP contribution in [0.25, 0.3) is 0 Å². The molecule has 1 aliphatic carbocycles. The van der Waals surface area contributed by atoms with Crippen LogP contribution >= 0.6 is 0 Å². The summed E-state index contributed by atoms with van der Waals surface area (Å²) in [5.74, 6) is 0.999. The Kier molecular flexibility index (Phi) is 6.46. The maximum absolute atomic E-state index is 11.5. The molecule has 0 aromatic carbocycles. The maximum atomic E-state index is 11.5. The molecule has 0 heterocycles. The van der Waals surface area contributed by atoms with Crippen LogP contribution in [0.15, 0.2) is 0 Å². The van der Waals surface area contributed by atoms with Crippen molar-refractivity contribution in [3.8, 4) is 0 Å². The number of nitrogens with two attached hydrogens (primary N) is 1. The third kappa shape index (κ3) is 6.11. The molecule has 0 spiro atoms. The molecule has 0 aromatic rings. The SMILES string of the molecule is CC(N)CCNC(=O)CCC1CCCCC1. The van der Waals surface area contributed by atoms with E-state index in [1.54, 1.807) is 0 Å². The summed E-state index contributed by atoms with van der Waals surface area (Å²) in [5.41, 5.74) is 5.62. The first kappa shape index (κ1) is 13.5. The van der Waals surface area contributed by atoms with Gasteiger partial charge < -0.3 is 11.1 Å². The molecular formula is C13H26N2O. The van der Waals surface area contributed by atoms with E-state index >= 15 is 0 Å². The molecule has 16 heavy (non-hydrogen) atoms. The summed E-state index contributed by atoms with van der Waals surface area (Å²) in [4.78, 5) is 11.5. The van der Waals surface area contributed by atoms with Gasteiger partial charge in [0.2, 0.25) is 5.91 Å². The van der Waals surface area contributed by atoms with E-state index in [1.807, 2.05) is 6.92 Å². The lowest BCUT2D eigenvalue weighted by atomic mass is 9.86. The van der Waals surface area contributed by atoms with E-state index in [2.05, 4.69) is 5.32 Å². The molecule has 0 saturated heterocycles. The van der Waals surface area contributed by atoms with Gasteiger partial charge in [0, 0.05) is 19.0 Å². The van der Waals surface area contributed by atoms with Gasteiger partial charge in [0.05, 0.1) is 0 Å². The zero-order chi connectivity index (χ0) is 11.8. The van der Waals surface area contributed by atoms with Crippen molar-refractivity contribution in [2.45, 2.75) is 64.3 Å². The van der Waals surface area contributed by atoms with Gasteiger partial charge in [-0.2, -0.15) is 0 Å². The molecule has 1 rings (SSSR count). The molecule has 1 unspecified atom stereocenters. The molecule has 1 aliphatic rings. The Morgan fingerprint density at radius 2 is 2.06 bits per heavy atom. The van der Waals surface area contributed by atoms with Gasteiger partial charge in [-0.05, 0) is 25.7 Å². The summed E-state index contributed by atoms with van der Waals surface area (Å²) in [5, 5.41) is 2.93. The van der Waals surface area contributed by atoms with Gasteiger partial charge >= 0.3 is 0 Å². The Labute approximate surface area is 99.2 Å². The van der Waals surface area contributed by atoms with Crippen molar-refractivity contribution >= 4 is 5.91 Å². The van der Waals surface area contributed by atoms with Crippen LogP contribution < -0.4 is 11.1 Å². The van der Waals surface area contributed by atoms with Crippen LogP contribution in [0, 0.1) is 5.92 Å². The number of rotatable bonds is 6. The summed E-state index contributed by atoms with van der Waals surface area (Å²) >= 11 is 0. The first-order valence-electron chi connectivity index (χ1n) is 6.70. The highest BCUT2D eigenvalue weighted by Gasteiger charge is 2.14. The highest BCUT2D eigenvalue weighted by Crippen LogP contribution is 2.27. The lowest BCUT2D eigenvalue weighted by Crippen LogP contribution is -2.29. The van der Waals surface area contributed by atoms with Crippen LogP contribution in [0.1, 0.15) is 58.3 Å². The fourth-order valence-electron chi connectivity index (χ4n) is 2.34. The molecule has 3 N–H and O–H groups in total. The number of hydrogen-bond donors (Lipinski definition) is 2. The van der Waals surface area contributed by atoms with Gasteiger partial charge in [0.25, 0.3) is 0 Å². The van der Waals surface area contributed by atoms with E-state index < -0.39 is 0 Å². The molecule has 1 atom stereocenters. The second-order valence-electron chi connectivity index (χ2n) is 5.16. The quantitative estimate of drug-likeness (QED) is 0.729. The van der Waals surface area contributed by atoms with E-state index in [9.17, 15) is 4.79 Å². The first-order valence-corrected chi connectivity index (χ1v) is 6.70. The van der Waals surface area contributed by atoms with Gasteiger partial charge in [-0.3, -0.25) is 4.79 Å². The lowest BCUT2D eigenvalue weighted by Gasteiger charge is -2.21. The van der Waals surface area contributed by atoms with Crippen LogP contribution in [0.3, 0.4) is 0 Å². The number of carbonyl (C=O) groups is 1. The van der Waals surface area contributed by atoms with Crippen molar-refractivity contribution in [2.24, 2.45) is 11.7 Å². The molecule has 0 aromatic heterocycles. The molecule has 3 nitrogen and oxygen atoms in total. The molecule has 94 valence electrons. The average Bonchev–Trinajstić information content (AvgIpc) is 2.27. The second-order valence-corrected chi connectivity index (χ2v) is 5.16. The second kappa shape index (κ2) is 7.66. The Morgan fingerprint density at radius 3 is 2.69 bits per heavy atom. The Bertz CT molecular complexity index is 198. The minimum atomic E-state index is 0.179. The normalized spacial score (nSPS) is 19.4. The summed E-state index contributed by atoms with van der Waals surface area (Å²) < 4.78 is 0. The summed E-state index contributed by atoms with van der Waals surface area (Å²) in [6.07, 6.45) is 9.40. The summed E-state index contributed by atoms with van der Waals surface area (Å²) in [6.45, 7) is 2.69. The number of hydrogen-bond acceptors (Lipinski definition) is 2. The average molecular weight is 226 g/mol. The summed E-state index contributed by atoms with van der Waals surface area (Å²) in [6, 6.07) is 0.179. The monoisotopic (exact) mass is 226 g/mol. The highest BCUT2D eigenvalue weighted by molar-refractivity contribution is 5.75. The molecule has 1 amide bonds. The largest absolute Gasteiger partial charge is 0.356 e. The topological polar surface area (TPSA) is 55.1 Å². The number of carbonyl (C=O) groups excluding carboxylic acids is 1. The van der Waals surface area contributed by atoms with Crippen molar-refractivity contribution < 1.29 is 4.79 Å². The smallest absolute Gasteiger partial charge is 0.220 e. The summed E-state index contributed by atoms with van der Waals surface area (Å²) in [7, 11) is 0. The van der Waals surface area contributed by atoms with Crippen molar-refractivity contribution in [3.05, 3.63) is 0 Å². The standard InChI is InChI=1S/C13H26N2O/c1-11(14)9-10-15-13(16)8-7-12-5-3-2-4-6-12/h11-12H,2-10,14H2,1H3,(H,15,16). The van der Waals surface area contributed by atoms with Crippen LogP contribution in [-0.4, -0.2) is 18.5 Å². The van der Waals surface area contributed by atoms with Crippen LogP contribution in [0.4, 0.5) is 0 Å². The van der Waals surface area contributed by atoms with Gasteiger partial charge in [-0.1, -0.05) is 32.1 Å². The third-order valence-corrected chi connectivity index (χ3v) is 3.43. The van der Waals surface area contributed by atoms with E-state index in [1.165, 1.54) is 32.1 Å². The van der Waals surface area contributed by atoms with Crippen molar-refractivity contribution in [2.75, 3.05) is 6.54 Å². The van der Waals surface area contributed by atoms with Crippen LogP contribution in [0.5, 0.6) is 0 Å². The minimum absolute atomic E-state index is 0.179. The molecule has 1 fully saturated rings. The van der Waals surface area contributed by atoms with Gasteiger partial charge in [0.1, 0.15) is 0 Å². The predicted molar refractivity (Wildman–Crippen MR) is 67.1 cm³/mol. The Balaban J connectivity index is 2.00. The van der Waals surface area contributed by atoms with E-state index in [0.717, 1.165) is 25.3 Å². The predicted octanol–water partition coefficient (Wildman–Crippen LogP) is 2.20. The number of nitrogens with one attached hydrogen (secondary N) is 1. The minimum Gasteiger partial charge on any atom is -0.356 e. The van der Waals surface area contributed by atoms with E-state index in [-0.39, 0.29) is 11.9 Å². The maximum Gasteiger partial charge on any atom is 0.220 e. The zero-order valence-corrected chi connectivity index (χ0v) is 10.5. The van der Waals surface area contributed by atoms with Crippen molar-refractivity contribution in [1.82, 2.24) is 5.32 Å². The Hall–Kier alpha value is -0.570. The third-order valence-electron chi connectivity index (χ3n) is 3.43. The Morgan fingerprint density at radius 1 is 1.38 bits per heavy atom. The molecular weight excluding hydrogens is 200 g/mol. The van der Waals surface area contributed by atoms with Gasteiger partial charge in [-0.15, -0.1) is 0 Å². The van der Waals surface area contributed by atoms with Gasteiger partial charge in [0.15, 0.2) is 0 Å². The fraction of sp³-hybridized carbons (Fsp3) is 0.923. The van der Waals surface area contributed by atoms with Gasteiger partial charge in [-0.25, -0.2) is 0 Å². The first-order chi connectivity index (χ1) is 7.68. The van der Waals surface area contributed by atoms with Crippen molar-refractivity contribution in [3.63, 3.8) is 0 Å². The molecule has 0 aliphatic heterocycles. The fourth-order valence-corrected chi connectivity index (χ4v) is 2.34. The highest BCUT2D eigenvalue weighted by atomic mass is 16.1.